The maximum atomic E-state index is 11.1. The first-order chi connectivity index (χ1) is 8.61. The number of alkyl halides is 1. The maximum Gasteiger partial charge on any atom is 0.230 e. The number of nitrogens with zero attached hydrogens (tertiary/aromatic N) is 1. The van der Waals surface area contributed by atoms with Gasteiger partial charge < -0.3 is 20.1 Å². The molecule has 2 rings (SSSR count). The van der Waals surface area contributed by atoms with Crippen molar-refractivity contribution < 1.29 is 14.6 Å². The number of phenols is 1. The number of carbonyl (C=O) groups excluding carboxylic acids is 1. The molecule has 1 aromatic carbocycles. The lowest BCUT2D eigenvalue weighted by Gasteiger charge is -2.20. The second-order valence-electron chi connectivity index (χ2n) is 4.11. The molecule has 0 aliphatic carbocycles. The van der Waals surface area contributed by atoms with Crippen LogP contribution in [0.25, 0.3) is 0 Å². The SMILES string of the molecule is CN1c2ccc(O)cc2OC1CCNC(=O)CBr. The van der Waals surface area contributed by atoms with E-state index in [-0.39, 0.29) is 17.9 Å². The summed E-state index contributed by atoms with van der Waals surface area (Å²) >= 11 is 3.09. The number of phenolic OH excluding ortho intramolecular Hbond substituents is 1. The van der Waals surface area contributed by atoms with Crippen LogP contribution in [0.4, 0.5) is 5.69 Å². The number of hydrogen-bond acceptors (Lipinski definition) is 4. The molecule has 1 aromatic rings. The number of carbonyl (C=O) groups is 1. The molecule has 2 N–H and O–H groups in total. The predicted octanol–water partition coefficient (Wildman–Crippen LogP) is 1.45. The molecule has 0 saturated heterocycles. The molecule has 0 saturated carbocycles. The van der Waals surface area contributed by atoms with Crippen LogP contribution in [0.2, 0.25) is 0 Å². The normalized spacial score (nSPS) is 17.2. The molecule has 6 heteroatoms. The summed E-state index contributed by atoms with van der Waals surface area (Å²) in [6.45, 7) is 0.555. The van der Waals surface area contributed by atoms with Crippen LogP contribution in [-0.2, 0) is 4.79 Å². The smallest absolute Gasteiger partial charge is 0.230 e. The highest BCUT2D eigenvalue weighted by Gasteiger charge is 2.27. The standard InChI is InChI=1S/C12H15BrN2O3/c1-15-9-3-2-8(16)6-10(9)18-12(15)4-5-14-11(17)7-13/h2-3,6,12,16H,4-5,7H2,1H3,(H,14,17). The number of ether oxygens (including phenoxy) is 1. The summed E-state index contributed by atoms with van der Waals surface area (Å²) < 4.78 is 5.72. The molecule has 1 amide bonds. The first-order valence-electron chi connectivity index (χ1n) is 5.67. The van der Waals surface area contributed by atoms with Crippen LogP contribution in [0.3, 0.4) is 0 Å². The molecule has 1 aliphatic rings. The van der Waals surface area contributed by atoms with Gasteiger partial charge in [0, 0.05) is 26.1 Å². The van der Waals surface area contributed by atoms with Crippen LogP contribution in [-0.4, -0.2) is 36.2 Å². The Bertz CT molecular complexity index is 453. The molecule has 0 aromatic heterocycles. The van der Waals surface area contributed by atoms with E-state index >= 15 is 0 Å². The van der Waals surface area contributed by atoms with Gasteiger partial charge in [0.05, 0.1) is 11.0 Å². The van der Waals surface area contributed by atoms with E-state index in [1.54, 1.807) is 12.1 Å². The highest BCUT2D eigenvalue weighted by molar-refractivity contribution is 9.09. The largest absolute Gasteiger partial charge is 0.508 e. The molecule has 0 bridgehead atoms. The third kappa shape index (κ3) is 2.69. The van der Waals surface area contributed by atoms with Crippen molar-refractivity contribution in [3.63, 3.8) is 0 Å². The second kappa shape index (κ2) is 5.48. The van der Waals surface area contributed by atoms with Gasteiger partial charge in [0.25, 0.3) is 0 Å². The van der Waals surface area contributed by atoms with Gasteiger partial charge in [0.15, 0.2) is 6.23 Å². The Labute approximate surface area is 114 Å². The summed E-state index contributed by atoms with van der Waals surface area (Å²) in [5, 5.41) is 12.5. The van der Waals surface area contributed by atoms with E-state index in [0.29, 0.717) is 24.0 Å². The van der Waals surface area contributed by atoms with Crippen molar-refractivity contribution in [1.29, 1.82) is 0 Å². The molecular weight excluding hydrogens is 300 g/mol. The molecule has 5 nitrogen and oxygen atoms in total. The van der Waals surface area contributed by atoms with Gasteiger partial charge in [0.1, 0.15) is 11.5 Å². The fraction of sp³-hybridized carbons (Fsp3) is 0.417. The van der Waals surface area contributed by atoms with E-state index in [0.717, 1.165) is 5.69 Å². The molecule has 0 spiro atoms. The average Bonchev–Trinajstić information content (AvgIpc) is 2.65. The zero-order chi connectivity index (χ0) is 13.1. The van der Waals surface area contributed by atoms with Crippen LogP contribution in [0, 0.1) is 0 Å². The molecule has 18 heavy (non-hydrogen) atoms. The number of halogens is 1. The van der Waals surface area contributed by atoms with Crippen molar-refractivity contribution in [1.82, 2.24) is 5.32 Å². The summed E-state index contributed by atoms with van der Waals surface area (Å²) in [7, 11) is 1.93. The Morgan fingerprint density at radius 3 is 3.11 bits per heavy atom. The maximum absolute atomic E-state index is 11.1. The quantitative estimate of drug-likeness (QED) is 0.826. The number of hydrogen-bond donors (Lipinski definition) is 2. The number of nitrogens with one attached hydrogen (secondary N) is 1. The number of anilines is 1. The zero-order valence-electron chi connectivity index (χ0n) is 10.0. The molecule has 1 heterocycles. The lowest BCUT2D eigenvalue weighted by Crippen LogP contribution is -2.36. The lowest BCUT2D eigenvalue weighted by atomic mass is 10.2. The second-order valence-corrected chi connectivity index (χ2v) is 4.67. The van der Waals surface area contributed by atoms with E-state index in [1.807, 2.05) is 18.0 Å². The van der Waals surface area contributed by atoms with E-state index in [1.165, 1.54) is 0 Å². The Morgan fingerprint density at radius 1 is 1.61 bits per heavy atom. The Hall–Kier alpha value is -1.43. The van der Waals surface area contributed by atoms with Gasteiger partial charge in [-0.25, -0.2) is 0 Å². The number of benzene rings is 1. The number of aromatic hydroxyl groups is 1. The van der Waals surface area contributed by atoms with Crippen LogP contribution >= 0.6 is 15.9 Å². The number of rotatable bonds is 4. The van der Waals surface area contributed by atoms with E-state index in [2.05, 4.69) is 21.2 Å². The van der Waals surface area contributed by atoms with Crippen molar-refractivity contribution >= 4 is 27.5 Å². The highest BCUT2D eigenvalue weighted by Crippen LogP contribution is 2.38. The highest BCUT2D eigenvalue weighted by atomic mass is 79.9. The minimum Gasteiger partial charge on any atom is -0.508 e. The topological polar surface area (TPSA) is 61.8 Å². The molecule has 1 atom stereocenters. The Balaban J connectivity index is 1.92. The molecule has 1 unspecified atom stereocenters. The van der Waals surface area contributed by atoms with Crippen molar-refractivity contribution in [3.05, 3.63) is 18.2 Å². The number of fused-ring (bicyclic) bond motifs is 1. The molecule has 1 aliphatic heterocycles. The minimum atomic E-state index is -0.113. The molecule has 98 valence electrons. The third-order valence-corrected chi connectivity index (χ3v) is 3.36. The fourth-order valence-electron chi connectivity index (χ4n) is 1.90. The van der Waals surface area contributed by atoms with Crippen LogP contribution in [0.5, 0.6) is 11.5 Å². The monoisotopic (exact) mass is 314 g/mol. The first-order valence-corrected chi connectivity index (χ1v) is 6.79. The summed E-state index contributed by atoms with van der Waals surface area (Å²) in [6, 6.07) is 5.05. The van der Waals surface area contributed by atoms with E-state index in [4.69, 9.17) is 4.74 Å². The molecule has 0 radical (unpaired) electrons. The van der Waals surface area contributed by atoms with Gasteiger partial charge in [-0.2, -0.15) is 0 Å². The van der Waals surface area contributed by atoms with Crippen molar-refractivity contribution in [2.24, 2.45) is 0 Å². The first kappa shape index (κ1) is 13.0. The van der Waals surface area contributed by atoms with Crippen molar-refractivity contribution in [2.45, 2.75) is 12.6 Å². The van der Waals surface area contributed by atoms with Crippen LogP contribution in [0.15, 0.2) is 18.2 Å². The summed E-state index contributed by atoms with van der Waals surface area (Å²) in [6.07, 6.45) is 0.572. The van der Waals surface area contributed by atoms with Crippen LogP contribution in [0.1, 0.15) is 6.42 Å². The molecular formula is C12H15BrN2O3. The van der Waals surface area contributed by atoms with Gasteiger partial charge in [-0.1, -0.05) is 15.9 Å². The van der Waals surface area contributed by atoms with E-state index in [9.17, 15) is 9.90 Å². The van der Waals surface area contributed by atoms with E-state index < -0.39 is 0 Å². The lowest BCUT2D eigenvalue weighted by molar-refractivity contribution is -0.118. The van der Waals surface area contributed by atoms with Crippen molar-refractivity contribution in [2.75, 3.05) is 23.8 Å². The molecule has 0 fully saturated rings. The van der Waals surface area contributed by atoms with Gasteiger partial charge >= 0.3 is 0 Å². The summed E-state index contributed by atoms with van der Waals surface area (Å²) in [4.78, 5) is 13.1. The Morgan fingerprint density at radius 2 is 2.39 bits per heavy atom. The Kier molecular flexibility index (Phi) is 3.96. The van der Waals surface area contributed by atoms with Gasteiger partial charge in [0.2, 0.25) is 5.91 Å². The zero-order valence-corrected chi connectivity index (χ0v) is 11.6. The van der Waals surface area contributed by atoms with Crippen LogP contribution < -0.4 is 15.0 Å². The predicted molar refractivity (Wildman–Crippen MR) is 72.3 cm³/mol. The average molecular weight is 315 g/mol. The fourth-order valence-corrected chi connectivity index (χ4v) is 2.10. The summed E-state index contributed by atoms with van der Waals surface area (Å²) in [5.41, 5.74) is 0.949. The van der Waals surface area contributed by atoms with Gasteiger partial charge in [-0.3, -0.25) is 4.79 Å². The van der Waals surface area contributed by atoms with Gasteiger partial charge in [-0.15, -0.1) is 0 Å². The summed E-state index contributed by atoms with van der Waals surface area (Å²) in [5.74, 6) is 0.829. The minimum absolute atomic E-state index is 0.0363. The third-order valence-electron chi connectivity index (χ3n) is 2.85. The van der Waals surface area contributed by atoms with Crippen molar-refractivity contribution in [3.8, 4) is 11.5 Å². The number of amides is 1. The van der Waals surface area contributed by atoms with Gasteiger partial charge in [-0.05, 0) is 12.1 Å².